The second kappa shape index (κ2) is 5.84. The van der Waals surface area contributed by atoms with E-state index in [1.807, 2.05) is 0 Å². The number of nitrogens with zero attached hydrogens (tertiary/aromatic N) is 1. The largest absolute Gasteiger partial charge is 0.481 e. The number of benzene rings is 1. The van der Waals surface area contributed by atoms with E-state index in [0.717, 1.165) is 12.8 Å². The van der Waals surface area contributed by atoms with Crippen LogP contribution in [-0.4, -0.2) is 35.0 Å². The van der Waals surface area contributed by atoms with Gasteiger partial charge in [-0.3, -0.25) is 9.59 Å². The van der Waals surface area contributed by atoms with E-state index in [0.29, 0.717) is 13.1 Å². The van der Waals surface area contributed by atoms with Crippen LogP contribution in [-0.2, 0) is 4.79 Å². The van der Waals surface area contributed by atoms with E-state index in [9.17, 15) is 19.1 Å². The maximum Gasteiger partial charge on any atom is 0.309 e. The van der Waals surface area contributed by atoms with Gasteiger partial charge < -0.3 is 10.0 Å². The molecule has 1 fully saturated rings. The van der Waals surface area contributed by atoms with E-state index in [2.05, 4.69) is 0 Å². The van der Waals surface area contributed by atoms with Gasteiger partial charge in [-0.05, 0) is 44.7 Å². The number of likely N-dealkylation sites (tertiary alicyclic amines) is 1. The predicted molar refractivity (Wildman–Crippen MR) is 76.4 cm³/mol. The molecule has 1 N–H and O–H groups in total. The summed E-state index contributed by atoms with van der Waals surface area (Å²) in [7, 11) is 0. The fourth-order valence-electron chi connectivity index (χ4n) is 2.73. The zero-order valence-electron chi connectivity index (χ0n) is 12.3. The maximum atomic E-state index is 13.7. The lowest BCUT2D eigenvalue weighted by Gasteiger charge is -2.39. The van der Waals surface area contributed by atoms with Crippen molar-refractivity contribution < 1.29 is 19.1 Å². The van der Waals surface area contributed by atoms with E-state index in [4.69, 9.17) is 0 Å². The first-order valence-electron chi connectivity index (χ1n) is 7.11. The van der Waals surface area contributed by atoms with Crippen molar-refractivity contribution in [3.63, 3.8) is 0 Å². The van der Waals surface area contributed by atoms with Crippen molar-refractivity contribution in [2.45, 2.75) is 26.7 Å². The Kier molecular flexibility index (Phi) is 4.30. The minimum absolute atomic E-state index is 0.0475. The van der Waals surface area contributed by atoms with Crippen LogP contribution >= 0.6 is 0 Å². The Bertz CT molecular complexity index is 556. The van der Waals surface area contributed by atoms with Crippen molar-refractivity contribution in [3.8, 4) is 0 Å². The van der Waals surface area contributed by atoms with Crippen LogP contribution in [0.3, 0.4) is 0 Å². The molecule has 1 saturated heterocycles. The van der Waals surface area contributed by atoms with Crippen molar-refractivity contribution in [2.24, 2.45) is 11.3 Å². The molecule has 0 radical (unpaired) electrons. The van der Waals surface area contributed by atoms with Crippen LogP contribution in [0.1, 0.15) is 37.0 Å². The van der Waals surface area contributed by atoms with Gasteiger partial charge in [0.05, 0.1) is 11.0 Å². The Morgan fingerprint density at radius 2 is 2.00 bits per heavy atom. The SMILES string of the molecule is CC(C)(C(=O)O)C1CCCN(C(=O)c2ccccc2F)C1. The molecule has 21 heavy (non-hydrogen) atoms. The summed E-state index contributed by atoms with van der Waals surface area (Å²) < 4.78 is 13.7. The van der Waals surface area contributed by atoms with Gasteiger partial charge in [-0.1, -0.05) is 12.1 Å². The molecule has 0 aliphatic carbocycles. The number of carboxylic acids is 1. The molecule has 0 aromatic heterocycles. The van der Waals surface area contributed by atoms with Crippen LogP contribution < -0.4 is 0 Å². The summed E-state index contributed by atoms with van der Waals surface area (Å²) in [6.45, 7) is 4.25. The summed E-state index contributed by atoms with van der Waals surface area (Å²) in [4.78, 5) is 25.3. The third kappa shape index (κ3) is 3.06. The summed E-state index contributed by atoms with van der Waals surface area (Å²) in [5.41, 5.74) is -0.847. The number of carbonyl (C=O) groups excluding carboxylic acids is 1. The molecule has 1 amide bonds. The molecular weight excluding hydrogens is 273 g/mol. The molecular formula is C16H20FNO3. The normalized spacial score (nSPS) is 19.4. The molecule has 0 saturated carbocycles. The van der Waals surface area contributed by atoms with Gasteiger partial charge in [0.2, 0.25) is 0 Å². The Hall–Kier alpha value is -1.91. The third-order valence-corrected chi connectivity index (χ3v) is 4.38. The minimum Gasteiger partial charge on any atom is -0.481 e. The monoisotopic (exact) mass is 293 g/mol. The lowest BCUT2D eigenvalue weighted by molar-refractivity contribution is -0.151. The summed E-state index contributed by atoms with van der Waals surface area (Å²) in [6.07, 6.45) is 1.50. The molecule has 1 aromatic rings. The second-order valence-corrected chi connectivity index (χ2v) is 6.10. The molecule has 4 nitrogen and oxygen atoms in total. The molecule has 114 valence electrons. The molecule has 5 heteroatoms. The fraction of sp³-hybridized carbons (Fsp3) is 0.500. The Balaban J connectivity index is 2.17. The Morgan fingerprint density at radius 1 is 1.33 bits per heavy atom. The van der Waals surface area contributed by atoms with Gasteiger partial charge in [0.25, 0.3) is 5.91 Å². The number of hydrogen-bond acceptors (Lipinski definition) is 2. The lowest BCUT2D eigenvalue weighted by atomic mass is 9.74. The summed E-state index contributed by atoms with van der Waals surface area (Å²) in [5, 5.41) is 9.32. The van der Waals surface area contributed by atoms with E-state index in [1.165, 1.54) is 12.1 Å². The molecule has 0 bridgehead atoms. The van der Waals surface area contributed by atoms with Crippen molar-refractivity contribution >= 4 is 11.9 Å². The molecule has 2 rings (SSSR count). The molecule has 1 atom stereocenters. The number of piperidine rings is 1. The zero-order chi connectivity index (χ0) is 15.6. The van der Waals surface area contributed by atoms with Crippen LogP contribution in [0.2, 0.25) is 0 Å². The molecule has 1 aromatic carbocycles. The smallest absolute Gasteiger partial charge is 0.309 e. The summed E-state index contributed by atoms with van der Waals surface area (Å²) in [6, 6.07) is 5.89. The van der Waals surface area contributed by atoms with Gasteiger partial charge in [0.15, 0.2) is 0 Å². The number of hydrogen-bond donors (Lipinski definition) is 1. The first-order valence-corrected chi connectivity index (χ1v) is 7.11. The van der Waals surface area contributed by atoms with Crippen molar-refractivity contribution in [3.05, 3.63) is 35.6 Å². The van der Waals surface area contributed by atoms with Crippen LogP contribution in [0, 0.1) is 17.2 Å². The number of carbonyl (C=O) groups is 2. The number of aliphatic carboxylic acids is 1. The van der Waals surface area contributed by atoms with Gasteiger partial charge in [-0.2, -0.15) is 0 Å². The third-order valence-electron chi connectivity index (χ3n) is 4.38. The minimum atomic E-state index is -0.895. The molecule has 1 aliphatic rings. The number of rotatable bonds is 3. The predicted octanol–water partition coefficient (Wildman–Crippen LogP) is 2.79. The molecule has 0 spiro atoms. The van der Waals surface area contributed by atoms with E-state index in [-0.39, 0.29) is 17.4 Å². The Morgan fingerprint density at radius 3 is 2.62 bits per heavy atom. The van der Waals surface area contributed by atoms with Crippen LogP contribution in [0.15, 0.2) is 24.3 Å². The van der Waals surface area contributed by atoms with E-state index < -0.39 is 17.2 Å². The molecule has 1 unspecified atom stereocenters. The first-order chi connectivity index (χ1) is 9.84. The van der Waals surface area contributed by atoms with Crippen molar-refractivity contribution in [1.82, 2.24) is 4.90 Å². The van der Waals surface area contributed by atoms with Gasteiger partial charge in [-0.25, -0.2) is 4.39 Å². The molecule has 1 aliphatic heterocycles. The van der Waals surface area contributed by atoms with E-state index in [1.54, 1.807) is 30.9 Å². The summed E-state index contributed by atoms with van der Waals surface area (Å²) in [5.74, 6) is -1.90. The van der Waals surface area contributed by atoms with Crippen LogP contribution in [0.5, 0.6) is 0 Å². The summed E-state index contributed by atoms with van der Waals surface area (Å²) >= 11 is 0. The average molecular weight is 293 g/mol. The first kappa shape index (κ1) is 15.5. The number of halogens is 1. The fourth-order valence-corrected chi connectivity index (χ4v) is 2.73. The van der Waals surface area contributed by atoms with Crippen molar-refractivity contribution in [2.75, 3.05) is 13.1 Å². The van der Waals surface area contributed by atoms with Gasteiger partial charge in [0, 0.05) is 13.1 Å². The van der Waals surface area contributed by atoms with Gasteiger partial charge in [-0.15, -0.1) is 0 Å². The Labute approximate surface area is 123 Å². The van der Waals surface area contributed by atoms with Gasteiger partial charge >= 0.3 is 5.97 Å². The van der Waals surface area contributed by atoms with Crippen LogP contribution in [0.25, 0.3) is 0 Å². The highest BCUT2D eigenvalue weighted by atomic mass is 19.1. The zero-order valence-corrected chi connectivity index (χ0v) is 12.3. The highest BCUT2D eigenvalue weighted by Crippen LogP contribution is 2.34. The topological polar surface area (TPSA) is 57.6 Å². The average Bonchev–Trinajstić information content (AvgIpc) is 2.47. The quantitative estimate of drug-likeness (QED) is 0.932. The lowest BCUT2D eigenvalue weighted by Crippen LogP contribution is -2.47. The highest BCUT2D eigenvalue weighted by Gasteiger charge is 2.40. The van der Waals surface area contributed by atoms with Crippen LogP contribution in [0.4, 0.5) is 4.39 Å². The number of amides is 1. The molecule has 1 heterocycles. The number of carboxylic acid groups (broad SMARTS) is 1. The van der Waals surface area contributed by atoms with Gasteiger partial charge in [0.1, 0.15) is 5.82 Å². The van der Waals surface area contributed by atoms with Crippen molar-refractivity contribution in [1.29, 1.82) is 0 Å². The maximum absolute atomic E-state index is 13.7. The second-order valence-electron chi connectivity index (χ2n) is 6.10. The van der Waals surface area contributed by atoms with E-state index >= 15 is 0 Å². The highest BCUT2D eigenvalue weighted by molar-refractivity contribution is 5.94. The standard InChI is InChI=1S/C16H20FNO3/c1-16(2,15(20)21)11-6-5-9-18(10-11)14(19)12-7-3-4-8-13(12)17/h3-4,7-8,11H,5-6,9-10H2,1-2H3,(H,20,21).